The highest BCUT2D eigenvalue weighted by atomic mass is 16.2. The van der Waals surface area contributed by atoms with Crippen LogP contribution in [0.2, 0.25) is 0 Å². The molecular weight excluding hydrogens is 238 g/mol. The number of carbonyl (C=O) groups is 2. The molecule has 0 N–H and O–H groups in total. The number of carbonyl (C=O) groups excluding carboxylic acids is 2. The Morgan fingerprint density at radius 2 is 1.68 bits per heavy atom. The van der Waals surface area contributed by atoms with Gasteiger partial charge in [-0.1, -0.05) is 12.1 Å². The van der Waals surface area contributed by atoms with Crippen LogP contribution in [0.3, 0.4) is 0 Å². The molecule has 0 saturated heterocycles. The average Bonchev–Trinajstić information content (AvgIpc) is 2.47. The zero-order chi connectivity index (χ0) is 13.8. The molecule has 0 spiro atoms. The van der Waals surface area contributed by atoms with E-state index in [1.165, 1.54) is 24.0 Å². The van der Waals surface area contributed by atoms with Crippen LogP contribution < -0.4 is 0 Å². The van der Waals surface area contributed by atoms with Crippen LogP contribution in [-0.2, 0) is 17.6 Å². The van der Waals surface area contributed by atoms with Crippen molar-refractivity contribution in [1.29, 1.82) is 0 Å². The van der Waals surface area contributed by atoms with Gasteiger partial charge >= 0.3 is 0 Å². The van der Waals surface area contributed by atoms with Crippen molar-refractivity contribution >= 4 is 11.7 Å². The van der Waals surface area contributed by atoms with Crippen LogP contribution >= 0.6 is 0 Å². The van der Waals surface area contributed by atoms with E-state index in [0.29, 0.717) is 18.7 Å². The molecule has 0 fully saturated rings. The first-order valence-corrected chi connectivity index (χ1v) is 7.12. The Morgan fingerprint density at radius 1 is 1.05 bits per heavy atom. The average molecular weight is 259 g/mol. The lowest BCUT2D eigenvalue weighted by atomic mass is 9.89. The van der Waals surface area contributed by atoms with Gasteiger partial charge in [-0.3, -0.25) is 9.59 Å². The van der Waals surface area contributed by atoms with E-state index in [2.05, 4.69) is 0 Å². The number of likely N-dealkylation sites (N-methyl/N-ethyl adjacent to an activating group) is 1. The molecule has 19 heavy (non-hydrogen) atoms. The molecule has 1 aliphatic rings. The molecule has 0 saturated carbocycles. The van der Waals surface area contributed by atoms with Crippen LogP contribution in [0.5, 0.6) is 0 Å². The highest BCUT2D eigenvalue weighted by Crippen LogP contribution is 2.22. The summed E-state index contributed by atoms with van der Waals surface area (Å²) < 4.78 is 0. The number of rotatable bonds is 4. The van der Waals surface area contributed by atoms with Gasteiger partial charge < -0.3 is 4.90 Å². The second-order valence-corrected chi connectivity index (χ2v) is 5.00. The van der Waals surface area contributed by atoms with Crippen molar-refractivity contribution in [2.45, 2.75) is 39.5 Å². The minimum Gasteiger partial charge on any atom is -0.336 e. The lowest BCUT2D eigenvalue weighted by Gasteiger charge is -2.19. The third-order valence-electron chi connectivity index (χ3n) is 3.86. The maximum atomic E-state index is 12.2. The fourth-order valence-electron chi connectivity index (χ4n) is 2.65. The molecule has 0 radical (unpaired) electrons. The number of nitrogens with zero attached hydrogens (tertiary/aromatic N) is 1. The first-order valence-electron chi connectivity index (χ1n) is 7.12. The van der Waals surface area contributed by atoms with Gasteiger partial charge in [-0.2, -0.15) is 0 Å². The SMILES string of the molecule is CCN(CC)C(=O)C(=O)c1ccc2c(c1)CCCC2. The number of ketones is 1. The summed E-state index contributed by atoms with van der Waals surface area (Å²) in [6, 6.07) is 5.73. The molecule has 1 aromatic carbocycles. The van der Waals surface area contributed by atoms with Gasteiger partial charge in [-0.25, -0.2) is 0 Å². The standard InChI is InChI=1S/C16H21NO2/c1-3-17(4-2)16(19)15(18)14-10-9-12-7-5-6-8-13(12)11-14/h9-11H,3-8H2,1-2H3. The zero-order valence-corrected chi connectivity index (χ0v) is 11.7. The van der Waals surface area contributed by atoms with Gasteiger partial charge in [-0.05, 0) is 56.7 Å². The minimum atomic E-state index is -0.388. The van der Waals surface area contributed by atoms with E-state index in [4.69, 9.17) is 0 Å². The van der Waals surface area contributed by atoms with Crippen molar-refractivity contribution < 1.29 is 9.59 Å². The monoisotopic (exact) mass is 259 g/mol. The number of fused-ring (bicyclic) bond motifs is 1. The highest BCUT2D eigenvalue weighted by Gasteiger charge is 2.22. The summed E-state index contributed by atoms with van der Waals surface area (Å²) in [5.41, 5.74) is 3.11. The summed E-state index contributed by atoms with van der Waals surface area (Å²) in [6.45, 7) is 4.93. The molecule has 1 amide bonds. The molecule has 3 heteroatoms. The fraction of sp³-hybridized carbons (Fsp3) is 0.500. The molecule has 2 rings (SSSR count). The third kappa shape index (κ3) is 2.86. The van der Waals surface area contributed by atoms with Crippen molar-refractivity contribution in [3.8, 4) is 0 Å². The normalized spacial score (nSPS) is 13.8. The number of Topliss-reactive ketones (excluding diaryl/α,β-unsaturated/α-hetero) is 1. The lowest BCUT2D eigenvalue weighted by Crippen LogP contribution is -2.36. The number of hydrogen-bond donors (Lipinski definition) is 0. The summed E-state index contributed by atoms with van der Waals surface area (Å²) >= 11 is 0. The predicted molar refractivity (Wildman–Crippen MR) is 75.3 cm³/mol. The molecule has 3 nitrogen and oxygen atoms in total. The fourth-order valence-corrected chi connectivity index (χ4v) is 2.65. The molecule has 0 unspecified atom stereocenters. The van der Waals surface area contributed by atoms with Crippen LogP contribution in [0, 0.1) is 0 Å². The summed E-state index contributed by atoms with van der Waals surface area (Å²) in [7, 11) is 0. The molecule has 0 bridgehead atoms. The topological polar surface area (TPSA) is 37.4 Å². The molecule has 0 aromatic heterocycles. The maximum Gasteiger partial charge on any atom is 0.294 e. The van der Waals surface area contributed by atoms with E-state index in [0.717, 1.165) is 12.8 Å². The molecule has 0 aliphatic heterocycles. The highest BCUT2D eigenvalue weighted by molar-refractivity contribution is 6.42. The predicted octanol–water partition coefficient (Wildman–Crippen LogP) is 2.62. The third-order valence-corrected chi connectivity index (χ3v) is 3.86. The Hall–Kier alpha value is -1.64. The Morgan fingerprint density at radius 3 is 2.32 bits per heavy atom. The van der Waals surface area contributed by atoms with E-state index in [9.17, 15) is 9.59 Å². The smallest absolute Gasteiger partial charge is 0.294 e. The maximum absolute atomic E-state index is 12.2. The van der Waals surface area contributed by atoms with Crippen molar-refractivity contribution in [2.75, 3.05) is 13.1 Å². The molecule has 1 aromatic rings. The summed E-state index contributed by atoms with van der Waals surface area (Å²) in [5.74, 6) is -0.766. The molecule has 0 atom stereocenters. The van der Waals surface area contributed by atoms with E-state index in [1.807, 2.05) is 26.0 Å². The van der Waals surface area contributed by atoms with Crippen LogP contribution in [-0.4, -0.2) is 29.7 Å². The Labute approximate surface area is 114 Å². The summed E-state index contributed by atoms with van der Waals surface area (Å²) in [6.07, 6.45) is 4.51. The molecular formula is C16H21NO2. The largest absolute Gasteiger partial charge is 0.336 e. The second-order valence-electron chi connectivity index (χ2n) is 5.00. The van der Waals surface area contributed by atoms with Crippen LogP contribution in [0.1, 0.15) is 48.2 Å². The number of amides is 1. The first kappa shape index (κ1) is 13.8. The van der Waals surface area contributed by atoms with Gasteiger partial charge in [0.2, 0.25) is 5.78 Å². The summed E-state index contributed by atoms with van der Waals surface area (Å²) in [4.78, 5) is 25.8. The summed E-state index contributed by atoms with van der Waals surface area (Å²) in [5, 5.41) is 0. The van der Waals surface area contributed by atoms with Gasteiger partial charge in [-0.15, -0.1) is 0 Å². The van der Waals surface area contributed by atoms with Crippen LogP contribution in [0.15, 0.2) is 18.2 Å². The van der Waals surface area contributed by atoms with E-state index >= 15 is 0 Å². The van der Waals surface area contributed by atoms with E-state index in [1.54, 1.807) is 11.0 Å². The van der Waals surface area contributed by atoms with Crippen LogP contribution in [0.25, 0.3) is 0 Å². The zero-order valence-electron chi connectivity index (χ0n) is 11.7. The van der Waals surface area contributed by atoms with Crippen molar-refractivity contribution in [3.63, 3.8) is 0 Å². The number of benzene rings is 1. The van der Waals surface area contributed by atoms with Gasteiger partial charge in [0.05, 0.1) is 0 Å². The van der Waals surface area contributed by atoms with E-state index in [-0.39, 0.29) is 11.7 Å². The Bertz CT molecular complexity index is 490. The Balaban J connectivity index is 2.22. The Kier molecular flexibility index (Phi) is 4.35. The molecule has 0 heterocycles. The quantitative estimate of drug-likeness (QED) is 0.615. The van der Waals surface area contributed by atoms with Gasteiger partial charge in [0.1, 0.15) is 0 Å². The second kappa shape index (κ2) is 6.00. The lowest BCUT2D eigenvalue weighted by molar-refractivity contribution is -0.126. The van der Waals surface area contributed by atoms with Crippen molar-refractivity contribution in [1.82, 2.24) is 4.90 Å². The number of aryl methyl sites for hydroxylation is 2. The van der Waals surface area contributed by atoms with Crippen molar-refractivity contribution in [3.05, 3.63) is 34.9 Å². The van der Waals surface area contributed by atoms with Crippen molar-refractivity contribution in [2.24, 2.45) is 0 Å². The first-order chi connectivity index (χ1) is 9.17. The van der Waals surface area contributed by atoms with Gasteiger partial charge in [0, 0.05) is 18.7 Å². The molecule has 1 aliphatic carbocycles. The van der Waals surface area contributed by atoms with Crippen LogP contribution in [0.4, 0.5) is 0 Å². The van der Waals surface area contributed by atoms with E-state index < -0.39 is 0 Å². The minimum absolute atomic E-state index is 0.378. The van der Waals surface area contributed by atoms with Gasteiger partial charge in [0.25, 0.3) is 5.91 Å². The van der Waals surface area contributed by atoms with Gasteiger partial charge in [0.15, 0.2) is 0 Å². The molecule has 102 valence electrons. The number of hydrogen-bond acceptors (Lipinski definition) is 2.